The van der Waals surface area contributed by atoms with Gasteiger partial charge in [-0.1, -0.05) is 5.16 Å². The highest BCUT2D eigenvalue weighted by molar-refractivity contribution is 7.85. The molecular weight excluding hydrogens is 184 g/mol. The van der Waals surface area contributed by atoms with Crippen LogP contribution in [0, 0.1) is 6.92 Å². The summed E-state index contributed by atoms with van der Waals surface area (Å²) in [5, 5.41) is 3.44. The van der Waals surface area contributed by atoms with Crippen LogP contribution in [0.1, 0.15) is 11.7 Å². The molecule has 1 aromatic heterocycles. The molecule has 0 aliphatic carbocycles. The molecule has 12 heavy (non-hydrogen) atoms. The Morgan fingerprint density at radius 3 is 2.67 bits per heavy atom. The molecule has 0 saturated heterocycles. The Morgan fingerprint density at radius 2 is 2.25 bits per heavy atom. The lowest BCUT2D eigenvalue weighted by molar-refractivity contribution is 0.292. The van der Waals surface area contributed by atoms with Crippen molar-refractivity contribution >= 4 is 10.1 Å². The van der Waals surface area contributed by atoms with Gasteiger partial charge in [-0.15, -0.1) is 0 Å². The molecule has 1 aromatic rings. The van der Waals surface area contributed by atoms with Crippen molar-refractivity contribution in [1.29, 1.82) is 0 Å². The van der Waals surface area contributed by atoms with E-state index in [4.69, 9.17) is 0 Å². The third-order valence-electron chi connectivity index (χ3n) is 0.972. The van der Waals surface area contributed by atoms with Crippen LogP contribution < -0.4 is 0 Å². The highest BCUT2D eigenvalue weighted by Gasteiger charge is 2.06. The van der Waals surface area contributed by atoms with Crippen LogP contribution in [0.2, 0.25) is 0 Å². The maximum atomic E-state index is 10.5. The Balaban J connectivity index is 2.55. The van der Waals surface area contributed by atoms with Gasteiger partial charge in [-0.05, 0) is 0 Å². The largest absolute Gasteiger partial charge is 0.340 e. The number of aryl methyl sites for hydroxylation is 1. The van der Waals surface area contributed by atoms with Crippen LogP contribution in [0.3, 0.4) is 0 Å². The second kappa shape index (κ2) is 3.20. The number of aromatic nitrogens is 2. The highest BCUT2D eigenvalue weighted by Crippen LogP contribution is 1.99. The molecule has 0 N–H and O–H groups in total. The molecule has 0 aliphatic rings. The average molecular weight is 192 g/mol. The summed E-state index contributed by atoms with van der Waals surface area (Å²) in [7, 11) is -3.43. The molecule has 1 rings (SSSR count). The van der Waals surface area contributed by atoms with E-state index in [1.165, 1.54) is 0 Å². The van der Waals surface area contributed by atoms with Crippen molar-refractivity contribution in [1.82, 2.24) is 10.1 Å². The van der Waals surface area contributed by atoms with Crippen molar-refractivity contribution in [2.45, 2.75) is 13.5 Å². The molecule has 1 heterocycles. The second-order valence-corrected chi connectivity index (χ2v) is 3.84. The summed E-state index contributed by atoms with van der Waals surface area (Å²) in [5.74, 6) is 0.597. The summed E-state index contributed by atoms with van der Waals surface area (Å²) >= 11 is 0. The zero-order valence-electron chi connectivity index (χ0n) is 6.64. The number of hydrogen-bond donors (Lipinski definition) is 0. The first-order chi connectivity index (χ1) is 5.47. The van der Waals surface area contributed by atoms with Crippen molar-refractivity contribution in [2.24, 2.45) is 0 Å². The summed E-state index contributed by atoms with van der Waals surface area (Å²) in [6, 6.07) is 0. The van der Waals surface area contributed by atoms with Crippen molar-refractivity contribution in [3.8, 4) is 0 Å². The molecule has 68 valence electrons. The first kappa shape index (κ1) is 9.14. The lowest BCUT2D eigenvalue weighted by Crippen LogP contribution is -2.03. The Labute approximate surface area is 69.7 Å². The maximum absolute atomic E-state index is 10.5. The van der Waals surface area contributed by atoms with Crippen LogP contribution in [0.25, 0.3) is 0 Å². The lowest BCUT2D eigenvalue weighted by Gasteiger charge is -1.93. The first-order valence-electron chi connectivity index (χ1n) is 3.11. The SMILES string of the molecule is Cc1nc(COS(C)(=O)=O)no1. The molecule has 7 heteroatoms. The van der Waals surface area contributed by atoms with Crippen LogP contribution >= 0.6 is 0 Å². The second-order valence-electron chi connectivity index (χ2n) is 2.20. The molecule has 6 nitrogen and oxygen atoms in total. The zero-order chi connectivity index (χ0) is 9.19. The van der Waals surface area contributed by atoms with Gasteiger partial charge in [-0.25, -0.2) is 0 Å². The molecule has 0 saturated carbocycles. The van der Waals surface area contributed by atoms with E-state index in [0.717, 1.165) is 6.26 Å². The fraction of sp³-hybridized carbons (Fsp3) is 0.600. The Hall–Kier alpha value is -0.950. The summed E-state index contributed by atoms with van der Waals surface area (Å²) in [6.07, 6.45) is 0.958. The molecular formula is C5H8N2O4S. The quantitative estimate of drug-likeness (QED) is 0.619. The lowest BCUT2D eigenvalue weighted by atomic mass is 10.7. The standard InChI is InChI=1S/C5H8N2O4S/c1-4-6-5(7-11-4)3-10-12(2,8)9/h3H2,1-2H3. The molecule has 0 amide bonds. The van der Waals surface area contributed by atoms with E-state index < -0.39 is 10.1 Å². The minimum Gasteiger partial charge on any atom is -0.340 e. The summed E-state index contributed by atoms with van der Waals surface area (Å²) in [6.45, 7) is 1.42. The smallest absolute Gasteiger partial charge is 0.264 e. The van der Waals surface area contributed by atoms with Gasteiger partial charge in [-0.3, -0.25) is 4.18 Å². The summed E-state index contributed by atoms with van der Waals surface area (Å²) in [4.78, 5) is 3.75. The van der Waals surface area contributed by atoms with Crippen molar-refractivity contribution in [2.75, 3.05) is 6.26 Å². The van der Waals surface area contributed by atoms with Gasteiger partial charge in [0, 0.05) is 6.92 Å². The van der Waals surface area contributed by atoms with Gasteiger partial charge >= 0.3 is 0 Å². The van der Waals surface area contributed by atoms with E-state index in [9.17, 15) is 8.42 Å². The topological polar surface area (TPSA) is 82.3 Å². The molecule has 0 bridgehead atoms. The third-order valence-corrected chi connectivity index (χ3v) is 1.52. The van der Waals surface area contributed by atoms with Crippen LogP contribution in [0.5, 0.6) is 0 Å². The van der Waals surface area contributed by atoms with Gasteiger partial charge < -0.3 is 4.52 Å². The van der Waals surface area contributed by atoms with E-state index in [2.05, 4.69) is 18.8 Å². The van der Waals surface area contributed by atoms with Gasteiger partial charge in [0.1, 0.15) is 6.61 Å². The summed E-state index contributed by atoms with van der Waals surface area (Å²) < 4.78 is 30.0. The van der Waals surface area contributed by atoms with E-state index >= 15 is 0 Å². The van der Waals surface area contributed by atoms with Crippen LogP contribution in [-0.4, -0.2) is 24.8 Å². The van der Waals surface area contributed by atoms with Gasteiger partial charge in [0.15, 0.2) is 5.82 Å². The van der Waals surface area contributed by atoms with E-state index in [0.29, 0.717) is 5.89 Å². The zero-order valence-corrected chi connectivity index (χ0v) is 7.46. The number of hydrogen-bond acceptors (Lipinski definition) is 6. The molecule has 0 aromatic carbocycles. The Bertz CT molecular complexity index is 355. The van der Waals surface area contributed by atoms with Crippen molar-refractivity contribution in [3.05, 3.63) is 11.7 Å². The minimum absolute atomic E-state index is 0.184. The normalized spacial score (nSPS) is 11.8. The minimum atomic E-state index is -3.43. The molecule has 0 unspecified atom stereocenters. The Kier molecular flexibility index (Phi) is 2.43. The van der Waals surface area contributed by atoms with E-state index in [-0.39, 0.29) is 12.4 Å². The maximum Gasteiger partial charge on any atom is 0.264 e. The van der Waals surface area contributed by atoms with Crippen molar-refractivity contribution < 1.29 is 17.1 Å². The van der Waals surface area contributed by atoms with Gasteiger partial charge in [0.05, 0.1) is 6.26 Å². The van der Waals surface area contributed by atoms with E-state index in [1.807, 2.05) is 0 Å². The fourth-order valence-corrected chi connectivity index (χ4v) is 0.879. The molecule has 0 fully saturated rings. The number of nitrogens with zero attached hydrogens (tertiary/aromatic N) is 2. The third kappa shape index (κ3) is 2.97. The number of rotatable bonds is 3. The monoisotopic (exact) mass is 192 g/mol. The molecule has 0 spiro atoms. The molecule has 0 aliphatic heterocycles. The summed E-state index contributed by atoms with van der Waals surface area (Å²) in [5.41, 5.74) is 0. The van der Waals surface area contributed by atoms with Gasteiger partial charge in [0.25, 0.3) is 10.1 Å². The first-order valence-corrected chi connectivity index (χ1v) is 4.92. The molecule has 0 atom stereocenters. The predicted octanol–water partition coefficient (Wildman–Crippen LogP) is -0.146. The van der Waals surface area contributed by atoms with Gasteiger partial charge in [0.2, 0.25) is 5.89 Å². The highest BCUT2D eigenvalue weighted by atomic mass is 32.2. The van der Waals surface area contributed by atoms with E-state index in [1.54, 1.807) is 6.92 Å². The fourth-order valence-electron chi connectivity index (χ4n) is 0.560. The van der Waals surface area contributed by atoms with Crippen LogP contribution in [0.15, 0.2) is 4.52 Å². The predicted molar refractivity (Wildman–Crippen MR) is 38.7 cm³/mol. The van der Waals surface area contributed by atoms with Gasteiger partial charge in [-0.2, -0.15) is 13.4 Å². The van der Waals surface area contributed by atoms with Crippen molar-refractivity contribution in [3.63, 3.8) is 0 Å². The molecule has 0 radical (unpaired) electrons. The average Bonchev–Trinajstić information content (AvgIpc) is 2.30. The Morgan fingerprint density at radius 1 is 1.58 bits per heavy atom. The van der Waals surface area contributed by atoms with Crippen LogP contribution in [0.4, 0.5) is 0 Å². The van der Waals surface area contributed by atoms with Crippen LogP contribution in [-0.2, 0) is 20.9 Å².